The standard InChI is InChI=1S/C19H24N2O5/c1-6-26-18(25)13-7-9-14(10-8-13)20-16(23)11-15(17(20)24)21(12(2)22)19(3,4)5/h7-10,15H,6,11H2,1-5H3. The summed E-state index contributed by atoms with van der Waals surface area (Å²) in [6, 6.07) is 5.24. The highest BCUT2D eigenvalue weighted by molar-refractivity contribution is 6.23. The number of carbonyl (C=O) groups excluding carboxylic acids is 4. The van der Waals surface area contributed by atoms with E-state index in [1.165, 1.54) is 36.1 Å². The molecule has 0 aliphatic carbocycles. The smallest absolute Gasteiger partial charge is 0.338 e. The van der Waals surface area contributed by atoms with Crippen molar-refractivity contribution in [2.75, 3.05) is 11.5 Å². The van der Waals surface area contributed by atoms with Gasteiger partial charge in [-0.05, 0) is 52.0 Å². The maximum absolute atomic E-state index is 12.8. The Bertz CT molecular complexity index is 733. The van der Waals surface area contributed by atoms with E-state index in [1.54, 1.807) is 6.92 Å². The van der Waals surface area contributed by atoms with Crippen LogP contribution < -0.4 is 4.90 Å². The lowest BCUT2D eigenvalue weighted by Gasteiger charge is -2.38. The minimum atomic E-state index is -0.829. The van der Waals surface area contributed by atoms with Gasteiger partial charge in [0, 0.05) is 12.5 Å². The lowest BCUT2D eigenvalue weighted by molar-refractivity contribution is -0.142. The zero-order valence-electron chi connectivity index (χ0n) is 15.7. The number of ether oxygens (including phenoxy) is 1. The Balaban J connectivity index is 2.29. The first-order valence-electron chi connectivity index (χ1n) is 8.51. The molecular weight excluding hydrogens is 336 g/mol. The molecule has 1 aromatic rings. The summed E-state index contributed by atoms with van der Waals surface area (Å²) in [6.07, 6.45) is -0.0602. The van der Waals surface area contributed by atoms with Gasteiger partial charge in [-0.1, -0.05) is 0 Å². The largest absolute Gasteiger partial charge is 0.462 e. The Morgan fingerprint density at radius 3 is 2.23 bits per heavy atom. The van der Waals surface area contributed by atoms with Gasteiger partial charge in [0.1, 0.15) is 6.04 Å². The van der Waals surface area contributed by atoms with Gasteiger partial charge in [0.25, 0.3) is 5.91 Å². The SMILES string of the molecule is CCOC(=O)c1ccc(N2C(=O)CC(N(C(C)=O)C(C)(C)C)C2=O)cc1. The fraction of sp³-hybridized carbons (Fsp3) is 0.474. The predicted octanol–water partition coefficient (Wildman–Crippen LogP) is 2.14. The van der Waals surface area contributed by atoms with E-state index in [9.17, 15) is 19.2 Å². The number of nitrogens with zero attached hydrogens (tertiary/aromatic N) is 2. The third-order valence-electron chi connectivity index (χ3n) is 4.13. The molecule has 7 nitrogen and oxygen atoms in total. The first-order chi connectivity index (χ1) is 12.1. The molecule has 0 radical (unpaired) electrons. The molecular formula is C19H24N2O5. The van der Waals surface area contributed by atoms with Crippen molar-refractivity contribution in [3.05, 3.63) is 29.8 Å². The molecule has 2 rings (SSSR count). The molecule has 1 saturated heterocycles. The first kappa shape index (κ1) is 19.6. The van der Waals surface area contributed by atoms with E-state index in [-0.39, 0.29) is 24.8 Å². The summed E-state index contributed by atoms with van der Waals surface area (Å²) in [7, 11) is 0. The minimum Gasteiger partial charge on any atom is -0.462 e. The zero-order chi connectivity index (χ0) is 19.6. The molecule has 1 aliphatic heterocycles. The molecule has 1 aromatic carbocycles. The number of benzene rings is 1. The molecule has 0 aromatic heterocycles. The van der Waals surface area contributed by atoms with Crippen molar-refractivity contribution in [3.8, 4) is 0 Å². The molecule has 0 spiro atoms. The number of imide groups is 1. The lowest BCUT2D eigenvalue weighted by Crippen LogP contribution is -2.53. The van der Waals surface area contributed by atoms with Gasteiger partial charge in [0.2, 0.25) is 11.8 Å². The average Bonchev–Trinajstić information content (AvgIpc) is 2.80. The second-order valence-electron chi connectivity index (χ2n) is 7.11. The van der Waals surface area contributed by atoms with Crippen molar-refractivity contribution < 1.29 is 23.9 Å². The number of hydrogen-bond donors (Lipinski definition) is 0. The summed E-state index contributed by atoms with van der Waals surface area (Å²) in [5, 5.41) is 0. The van der Waals surface area contributed by atoms with Crippen LogP contribution in [0.15, 0.2) is 24.3 Å². The van der Waals surface area contributed by atoms with Gasteiger partial charge in [-0.2, -0.15) is 0 Å². The molecule has 1 unspecified atom stereocenters. The van der Waals surface area contributed by atoms with E-state index in [1.807, 2.05) is 20.8 Å². The Kier molecular flexibility index (Phi) is 5.49. The highest BCUT2D eigenvalue weighted by atomic mass is 16.5. The Morgan fingerprint density at radius 2 is 1.77 bits per heavy atom. The lowest BCUT2D eigenvalue weighted by atomic mass is 10.0. The van der Waals surface area contributed by atoms with Gasteiger partial charge in [0.05, 0.1) is 24.3 Å². The fourth-order valence-corrected chi connectivity index (χ4v) is 3.21. The van der Waals surface area contributed by atoms with E-state index < -0.39 is 23.5 Å². The number of carbonyl (C=O) groups is 4. The molecule has 1 fully saturated rings. The van der Waals surface area contributed by atoms with Gasteiger partial charge < -0.3 is 9.64 Å². The fourth-order valence-electron chi connectivity index (χ4n) is 3.21. The van der Waals surface area contributed by atoms with Crippen molar-refractivity contribution in [2.45, 2.75) is 52.6 Å². The van der Waals surface area contributed by atoms with Crippen LogP contribution in [0.4, 0.5) is 5.69 Å². The normalized spacial score (nSPS) is 17.4. The van der Waals surface area contributed by atoms with Crippen molar-refractivity contribution in [2.24, 2.45) is 0 Å². The van der Waals surface area contributed by atoms with E-state index >= 15 is 0 Å². The molecule has 140 valence electrons. The molecule has 26 heavy (non-hydrogen) atoms. The van der Waals surface area contributed by atoms with Crippen LogP contribution in [-0.2, 0) is 19.1 Å². The maximum atomic E-state index is 12.8. The van der Waals surface area contributed by atoms with Crippen LogP contribution in [0.2, 0.25) is 0 Å². The summed E-state index contributed by atoms with van der Waals surface area (Å²) in [4.78, 5) is 51.6. The van der Waals surface area contributed by atoms with Crippen molar-refractivity contribution in [1.82, 2.24) is 4.90 Å². The van der Waals surface area contributed by atoms with Crippen LogP contribution >= 0.6 is 0 Å². The molecule has 1 heterocycles. The molecule has 3 amide bonds. The van der Waals surface area contributed by atoms with E-state index in [0.717, 1.165) is 4.90 Å². The average molecular weight is 360 g/mol. The second-order valence-corrected chi connectivity index (χ2v) is 7.11. The van der Waals surface area contributed by atoms with E-state index in [4.69, 9.17) is 4.74 Å². The highest BCUT2D eigenvalue weighted by Crippen LogP contribution is 2.29. The van der Waals surface area contributed by atoms with Gasteiger partial charge in [-0.3, -0.25) is 14.4 Å². The molecule has 0 saturated carbocycles. The topological polar surface area (TPSA) is 84.0 Å². The predicted molar refractivity (Wildman–Crippen MR) is 95.6 cm³/mol. The number of anilines is 1. The van der Waals surface area contributed by atoms with Gasteiger partial charge in [0.15, 0.2) is 0 Å². The van der Waals surface area contributed by atoms with Crippen molar-refractivity contribution >= 4 is 29.4 Å². The van der Waals surface area contributed by atoms with E-state index in [0.29, 0.717) is 11.3 Å². The van der Waals surface area contributed by atoms with Crippen LogP contribution in [0.25, 0.3) is 0 Å². The molecule has 0 bridgehead atoms. The molecule has 7 heteroatoms. The molecule has 1 aliphatic rings. The van der Waals surface area contributed by atoms with Crippen LogP contribution in [0, 0.1) is 0 Å². The maximum Gasteiger partial charge on any atom is 0.338 e. The number of rotatable bonds is 4. The molecule has 0 N–H and O–H groups in total. The van der Waals surface area contributed by atoms with Crippen LogP contribution in [0.3, 0.4) is 0 Å². The summed E-state index contributed by atoms with van der Waals surface area (Å²) in [6.45, 7) is 8.83. The summed E-state index contributed by atoms with van der Waals surface area (Å²) >= 11 is 0. The second kappa shape index (κ2) is 7.27. The van der Waals surface area contributed by atoms with Crippen molar-refractivity contribution in [3.63, 3.8) is 0 Å². The van der Waals surface area contributed by atoms with Crippen LogP contribution in [0.1, 0.15) is 51.4 Å². The summed E-state index contributed by atoms with van der Waals surface area (Å²) in [5.74, 6) is -1.54. The van der Waals surface area contributed by atoms with Gasteiger partial charge in [-0.15, -0.1) is 0 Å². The first-order valence-corrected chi connectivity index (χ1v) is 8.51. The number of hydrogen-bond acceptors (Lipinski definition) is 5. The monoisotopic (exact) mass is 360 g/mol. The van der Waals surface area contributed by atoms with Crippen molar-refractivity contribution in [1.29, 1.82) is 0 Å². The third-order valence-corrected chi connectivity index (χ3v) is 4.13. The Hall–Kier alpha value is -2.70. The minimum absolute atomic E-state index is 0.0602. The number of esters is 1. The number of amides is 3. The highest BCUT2D eigenvalue weighted by Gasteiger charge is 2.46. The third kappa shape index (κ3) is 3.76. The van der Waals surface area contributed by atoms with Gasteiger partial charge >= 0.3 is 5.97 Å². The van der Waals surface area contributed by atoms with Gasteiger partial charge in [-0.25, -0.2) is 9.69 Å². The molecule has 1 atom stereocenters. The Labute approximate surface area is 152 Å². The Morgan fingerprint density at radius 1 is 1.19 bits per heavy atom. The zero-order valence-corrected chi connectivity index (χ0v) is 15.7. The summed E-state index contributed by atoms with van der Waals surface area (Å²) < 4.78 is 4.92. The van der Waals surface area contributed by atoms with Crippen LogP contribution in [0.5, 0.6) is 0 Å². The quantitative estimate of drug-likeness (QED) is 0.607. The summed E-state index contributed by atoms with van der Waals surface area (Å²) in [5.41, 5.74) is 0.121. The van der Waals surface area contributed by atoms with Crippen LogP contribution in [-0.4, -0.2) is 46.8 Å². The van der Waals surface area contributed by atoms with E-state index in [2.05, 4.69) is 0 Å².